The van der Waals surface area contributed by atoms with E-state index in [1.54, 1.807) is 6.20 Å². The molecule has 2 aromatic rings. The molecule has 2 rings (SSSR count). The summed E-state index contributed by atoms with van der Waals surface area (Å²) >= 11 is 0. The molecule has 0 saturated heterocycles. The first-order valence-electron chi connectivity index (χ1n) is 5.45. The van der Waals surface area contributed by atoms with Crippen molar-refractivity contribution in [1.29, 1.82) is 0 Å². The van der Waals surface area contributed by atoms with Crippen molar-refractivity contribution in [1.82, 2.24) is 9.97 Å². The molecule has 1 N–H and O–H groups in total. The molecule has 6 nitrogen and oxygen atoms in total. The SMILES string of the molecule is CC(Nc1cc([N+](=O)[O-])ccn1)c1ccccn1. The molecular weight excluding hydrogens is 232 g/mol. The average molecular weight is 244 g/mol. The highest BCUT2D eigenvalue weighted by Crippen LogP contribution is 2.19. The van der Waals surface area contributed by atoms with Gasteiger partial charge in [-0.1, -0.05) is 6.07 Å². The van der Waals surface area contributed by atoms with Crippen LogP contribution in [0.1, 0.15) is 18.7 Å². The van der Waals surface area contributed by atoms with Gasteiger partial charge < -0.3 is 5.32 Å². The molecule has 0 bridgehead atoms. The topological polar surface area (TPSA) is 81.0 Å². The summed E-state index contributed by atoms with van der Waals surface area (Å²) in [5, 5.41) is 13.7. The van der Waals surface area contributed by atoms with Crippen LogP contribution in [0.3, 0.4) is 0 Å². The van der Waals surface area contributed by atoms with Crippen LogP contribution in [0.25, 0.3) is 0 Å². The van der Waals surface area contributed by atoms with Gasteiger partial charge in [0.05, 0.1) is 22.7 Å². The Morgan fingerprint density at radius 1 is 1.28 bits per heavy atom. The summed E-state index contributed by atoms with van der Waals surface area (Å²) in [5.74, 6) is 0.461. The molecule has 0 spiro atoms. The average Bonchev–Trinajstić information content (AvgIpc) is 2.40. The Morgan fingerprint density at radius 2 is 2.11 bits per heavy atom. The van der Waals surface area contributed by atoms with E-state index >= 15 is 0 Å². The summed E-state index contributed by atoms with van der Waals surface area (Å²) in [6.45, 7) is 1.92. The monoisotopic (exact) mass is 244 g/mol. The number of nitrogens with one attached hydrogen (secondary N) is 1. The van der Waals surface area contributed by atoms with E-state index in [-0.39, 0.29) is 11.7 Å². The van der Waals surface area contributed by atoms with Crippen molar-refractivity contribution in [3.8, 4) is 0 Å². The van der Waals surface area contributed by atoms with Crippen molar-refractivity contribution in [2.45, 2.75) is 13.0 Å². The minimum Gasteiger partial charge on any atom is -0.362 e. The van der Waals surface area contributed by atoms with E-state index in [1.807, 2.05) is 25.1 Å². The van der Waals surface area contributed by atoms with E-state index in [2.05, 4.69) is 15.3 Å². The lowest BCUT2D eigenvalue weighted by Crippen LogP contribution is -2.09. The third-order valence-corrected chi connectivity index (χ3v) is 2.45. The lowest BCUT2D eigenvalue weighted by molar-refractivity contribution is -0.384. The zero-order chi connectivity index (χ0) is 13.0. The van der Waals surface area contributed by atoms with Crippen LogP contribution in [0.5, 0.6) is 0 Å². The van der Waals surface area contributed by atoms with Gasteiger partial charge in [-0.3, -0.25) is 15.1 Å². The summed E-state index contributed by atoms with van der Waals surface area (Å²) in [6, 6.07) is 8.30. The lowest BCUT2D eigenvalue weighted by Gasteiger charge is -2.13. The Bertz CT molecular complexity index is 545. The number of hydrogen-bond acceptors (Lipinski definition) is 5. The van der Waals surface area contributed by atoms with Crippen LogP contribution in [-0.2, 0) is 0 Å². The Labute approximate surface area is 104 Å². The van der Waals surface area contributed by atoms with Gasteiger partial charge in [-0.25, -0.2) is 4.98 Å². The third-order valence-electron chi connectivity index (χ3n) is 2.45. The van der Waals surface area contributed by atoms with E-state index in [4.69, 9.17) is 0 Å². The van der Waals surface area contributed by atoms with Gasteiger partial charge in [-0.2, -0.15) is 0 Å². The van der Waals surface area contributed by atoms with Gasteiger partial charge in [0, 0.05) is 18.5 Å². The van der Waals surface area contributed by atoms with E-state index in [1.165, 1.54) is 18.3 Å². The molecule has 92 valence electrons. The number of anilines is 1. The van der Waals surface area contributed by atoms with Crippen LogP contribution in [0.2, 0.25) is 0 Å². The first-order valence-corrected chi connectivity index (χ1v) is 5.45. The lowest BCUT2D eigenvalue weighted by atomic mass is 10.2. The molecule has 0 aromatic carbocycles. The molecule has 1 unspecified atom stereocenters. The van der Waals surface area contributed by atoms with Gasteiger partial charge in [0.15, 0.2) is 0 Å². The molecule has 0 saturated carbocycles. The van der Waals surface area contributed by atoms with E-state index in [0.717, 1.165) is 5.69 Å². The molecule has 0 aliphatic rings. The van der Waals surface area contributed by atoms with Crippen molar-refractivity contribution in [3.63, 3.8) is 0 Å². The van der Waals surface area contributed by atoms with Crippen LogP contribution in [0, 0.1) is 10.1 Å². The molecule has 1 atom stereocenters. The standard InChI is InChI=1S/C12H12N4O2/c1-9(11-4-2-3-6-13-11)15-12-8-10(16(17)18)5-7-14-12/h2-9H,1H3,(H,14,15). The molecule has 0 amide bonds. The van der Waals surface area contributed by atoms with Crippen LogP contribution in [0.15, 0.2) is 42.7 Å². The van der Waals surface area contributed by atoms with Crippen LogP contribution >= 0.6 is 0 Å². The summed E-state index contributed by atoms with van der Waals surface area (Å²) < 4.78 is 0. The largest absolute Gasteiger partial charge is 0.362 e. The van der Waals surface area contributed by atoms with Crippen LogP contribution < -0.4 is 5.32 Å². The number of aromatic nitrogens is 2. The predicted octanol–water partition coefficient (Wildman–Crippen LogP) is 2.56. The maximum Gasteiger partial charge on any atom is 0.274 e. The third kappa shape index (κ3) is 2.79. The van der Waals surface area contributed by atoms with Gasteiger partial charge >= 0.3 is 0 Å². The maximum absolute atomic E-state index is 10.6. The quantitative estimate of drug-likeness (QED) is 0.660. The zero-order valence-corrected chi connectivity index (χ0v) is 9.78. The van der Waals surface area contributed by atoms with Gasteiger partial charge in [0.1, 0.15) is 5.82 Å². The molecule has 2 heterocycles. The fourth-order valence-corrected chi connectivity index (χ4v) is 1.54. The van der Waals surface area contributed by atoms with Gasteiger partial charge in [-0.05, 0) is 19.1 Å². The number of rotatable bonds is 4. The van der Waals surface area contributed by atoms with Crippen molar-refractivity contribution in [2.24, 2.45) is 0 Å². The number of nitrogens with zero attached hydrogens (tertiary/aromatic N) is 3. The second-order valence-electron chi connectivity index (χ2n) is 3.78. The minimum atomic E-state index is -0.446. The zero-order valence-electron chi connectivity index (χ0n) is 9.78. The van der Waals surface area contributed by atoms with Crippen molar-refractivity contribution < 1.29 is 4.92 Å². The Kier molecular flexibility index (Phi) is 3.47. The highest BCUT2D eigenvalue weighted by molar-refractivity contribution is 5.45. The fraction of sp³-hybridized carbons (Fsp3) is 0.167. The van der Waals surface area contributed by atoms with Gasteiger partial charge in [0.2, 0.25) is 0 Å². The minimum absolute atomic E-state index is 0.0146. The maximum atomic E-state index is 10.6. The second kappa shape index (κ2) is 5.22. The smallest absolute Gasteiger partial charge is 0.274 e. The van der Waals surface area contributed by atoms with Crippen LogP contribution in [0.4, 0.5) is 11.5 Å². The Balaban J connectivity index is 2.14. The fourth-order valence-electron chi connectivity index (χ4n) is 1.54. The normalized spacial score (nSPS) is 11.8. The Morgan fingerprint density at radius 3 is 2.78 bits per heavy atom. The number of hydrogen-bond donors (Lipinski definition) is 1. The van der Waals surface area contributed by atoms with E-state index in [0.29, 0.717) is 5.82 Å². The predicted molar refractivity (Wildman–Crippen MR) is 67.2 cm³/mol. The number of nitro groups is 1. The number of pyridine rings is 2. The summed E-state index contributed by atoms with van der Waals surface area (Å²) in [4.78, 5) is 18.5. The second-order valence-corrected chi connectivity index (χ2v) is 3.78. The van der Waals surface area contributed by atoms with Crippen molar-refractivity contribution in [2.75, 3.05) is 5.32 Å². The molecule has 0 aliphatic heterocycles. The Hall–Kier alpha value is -2.50. The van der Waals surface area contributed by atoms with Gasteiger partial charge in [0.25, 0.3) is 5.69 Å². The first kappa shape index (κ1) is 12.0. The molecule has 0 radical (unpaired) electrons. The van der Waals surface area contributed by atoms with Gasteiger partial charge in [-0.15, -0.1) is 0 Å². The molecule has 6 heteroatoms. The molecule has 0 fully saturated rings. The summed E-state index contributed by atoms with van der Waals surface area (Å²) in [6.07, 6.45) is 3.11. The molecule has 18 heavy (non-hydrogen) atoms. The molecule has 0 aliphatic carbocycles. The first-order chi connectivity index (χ1) is 8.66. The molecule has 2 aromatic heterocycles. The van der Waals surface area contributed by atoms with Crippen molar-refractivity contribution in [3.05, 3.63) is 58.5 Å². The van der Waals surface area contributed by atoms with E-state index in [9.17, 15) is 10.1 Å². The summed E-state index contributed by atoms with van der Waals surface area (Å²) in [5.41, 5.74) is 0.867. The molecular formula is C12H12N4O2. The van der Waals surface area contributed by atoms with Crippen molar-refractivity contribution >= 4 is 11.5 Å². The highest BCUT2D eigenvalue weighted by Gasteiger charge is 2.10. The van der Waals surface area contributed by atoms with E-state index < -0.39 is 4.92 Å². The highest BCUT2D eigenvalue weighted by atomic mass is 16.6. The van der Waals surface area contributed by atoms with Crippen LogP contribution in [-0.4, -0.2) is 14.9 Å². The summed E-state index contributed by atoms with van der Waals surface area (Å²) in [7, 11) is 0.